The fourth-order valence-electron chi connectivity index (χ4n) is 2.67. The van der Waals surface area contributed by atoms with Crippen molar-refractivity contribution in [2.24, 2.45) is 5.92 Å². The van der Waals surface area contributed by atoms with E-state index in [-0.39, 0.29) is 11.9 Å². The molecule has 0 radical (unpaired) electrons. The van der Waals surface area contributed by atoms with Crippen LogP contribution in [0.1, 0.15) is 58.3 Å². The van der Waals surface area contributed by atoms with E-state index in [2.05, 4.69) is 11.8 Å². The van der Waals surface area contributed by atoms with E-state index in [1.165, 1.54) is 52.2 Å². The third-order valence-electron chi connectivity index (χ3n) is 3.95. The van der Waals surface area contributed by atoms with Gasteiger partial charge in [0.2, 0.25) is 0 Å². The number of unbranched alkanes of at least 4 members (excludes halogenated alkanes) is 5. The summed E-state index contributed by atoms with van der Waals surface area (Å²) in [6.45, 7) is 5.59. The van der Waals surface area contributed by atoms with E-state index in [1.807, 2.05) is 0 Å². The molecule has 0 N–H and O–H groups in total. The highest BCUT2D eigenvalue weighted by molar-refractivity contribution is 5.72. The first-order valence-electron chi connectivity index (χ1n) is 7.58. The van der Waals surface area contributed by atoms with Gasteiger partial charge in [0.15, 0.2) is 0 Å². The second kappa shape index (κ2) is 9.37. The first-order chi connectivity index (χ1) is 8.77. The molecule has 0 spiro atoms. The van der Waals surface area contributed by atoms with Gasteiger partial charge in [-0.2, -0.15) is 0 Å². The average Bonchev–Trinajstić information content (AvgIpc) is 2.42. The third kappa shape index (κ3) is 5.85. The van der Waals surface area contributed by atoms with Crippen LogP contribution in [0.15, 0.2) is 0 Å². The molecule has 106 valence electrons. The summed E-state index contributed by atoms with van der Waals surface area (Å²) in [5, 5.41) is 0. The number of piperidine rings is 1. The summed E-state index contributed by atoms with van der Waals surface area (Å²) in [6.07, 6.45) is 10.1. The summed E-state index contributed by atoms with van der Waals surface area (Å²) in [4.78, 5) is 13.9. The van der Waals surface area contributed by atoms with Crippen LogP contribution >= 0.6 is 0 Å². The molecule has 0 amide bonds. The van der Waals surface area contributed by atoms with Gasteiger partial charge in [-0.05, 0) is 38.9 Å². The number of carbonyl (C=O) groups excluding carboxylic acids is 1. The Bertz CT molecular complexity index is 223. The summed E-state index contributed by atoms with van der Waals surface area (Å²) in [6, 6.07) is 0. The molecule has 0 bridgehead atoms. The molecule has 0 aromatic heterocycles. The highest BCUT2D eigenvalue weighted by Crippen LogP contribution is 2.18. The van der Waals surface area contributed by atoms with Crippen LogP contribution in [0.5, 0.6) is 0 Å². The Labute approximate surface area is 112 Å². The van der Waals surface area contributed by atoms with Gasteiger partial charge in [0.1, 0.15) is 0 Å². The molecule has 1 fully saturated rings. The molecule has 1 aliphatic rings. The maximum Gasteiger partial charge on any atom is 0.308 e. The Balaban J connectivity index is 2.00. The molecule has 0 aromatic carbocycles. The highest BCUT2D eigenvalue weighted by atomic mass is 16.5. The summed E-state index contributed by atoms with van der Waals surface area (Å²) in [5.41, 5.74) is 0. The van der Waals surface area contributed by atoms with E-state index in [0.717, 1.165) is 25.9 Å². The topological polar surface area (TPSA) is 29.5 Å². The zero-order chi connectivity index (χ0) is 13.2. The SMILES string of the molecule is CCCCCCCCN1CCC(C(=O)OC)CC1. The normalized spacial score (nSPS) is 17.9. The molecule has 0 unspecified atom stereocenters. The van der Waals surface area contributed by atoms with Crippen LogP contribution in [-0.4, -0.2) is 37.6 Å². The van der Waals surface area contributed by atoms with Crippen LogP contribution in [0.3, 0.4) is 0 Å². The van der Waals surface area contributed by atoms with Gasteiger partial charge in [-0.15, -0.1) is 0 Å². The van der Waals surface area contributed by atoms with Crippen molar-refractivity contribution in [1.29, 1.82) is 0 Å². The van der Waals surface area contributed by atoms with Gasteiger partial charge in [0.05, 0.1) is 13.0 Å². The van der Waals surface area contributed by atoms with E-state index in [9.17, 15) is 4.79 Å². The lowest BCUT2D eigenvalue weighted by Crippen LogP contribution is -2.37. The lowest BCUT2D eigenvalue weighted by Gasteiger charge is -2.30. The van der Waals surface area contributed by atoms with Crippen molar-refractivity contribution in [3.8, 4) is 0 Å². The first kappa shape index (κ1) is 15.5. The van der Waals surface area contributed by atoms with E-state index in [1.54, 1.807) is 0 Å². The average molecular weight is 255 g/mol. The van der Waals surface area contributed by atoms with Crippen LogP contribution < -0.4 is 0 Å². The van der Waals surface area contributed by atoms with E-state index >= 15 is 0 Å². The summed E-state index contributed by atoms with van der Waals surface area (Å²) in [5.74, 6) is 0.130. The number of carbonyl (C=O) groups is 1. The minimum Gasteiger partial charge on any atom is -0.469 e. The third-order valence-corrected chi connectivity index (χ3v) is 3.95. The molecule has 0 aromatic rings. The molecule has 3 nitrogen and oxygen atoms in total. The van der Waals surface area contributed by atoms with Crippen molar-refractivity contribution < 1.29 is 9.53 Å². The van der Waals surface area contributed by atoms with Crippen LogP contribution in [0.4, 0.5) is 0 Å². The largest absolute Gasteiger partial charge is 0.469 e. The van der Waals surface area contributed by atoms with Gasteiger partial charge in [0.25, 0.3) is 0 Å². The maximum absolute atomic E-state index is 11.4. The van der Waals surface area contributed by atoms with Gasteiger partial charge < -0.3 is 9.64 Å². The number of likely N-dealkylation sites (tertiary alicyclic amines) is 1. The van der Waals surface area contributed by atoms with Crippen molar-refractivity contribution in [2.45, 2.75) is 58.3 Å². The second-order valence-electron chi connectivity index (χ2n) is 5.41. The molecule has 1 saturated heterocycles. The van der Waals surface area contributed by atoms with Crippen molar-refractivity contribution in [3.05, 3.63) is 0 Å². The van der Waals surface area contributed by atoms with Crippen LogP contribution in [0.25, 0.3) is 0 Å². The Morgan fingerprint density at radius 1 is 1.11 bits per heavy atom. The molecule has 0 aliphatic carbocycles. The van der Waals surface area contributed by atoms with Crippen molar-refractivity contribution in [3.63, 3.8) is 0 Å². The minimum atomic E-state index is -0.0192. The molecule has 3 heteroatoms. The number of rotatable bonds is 8. The number of esters is 1. The van der Waals surface area contributed by atoms with Crippen molar-refractivity contribution in [2.75, 3.05) is 26.7 Å². The predicted molar refractivity (Wildman–Crippen MR) is 74.6 cm³/mol. The minimum absolute atomic E-state index is 0.0192. The van der Waals surface area contributed by atoms with Crippen LogP contribution in [-0.2, 0) is 9.53 Å². The van der Waals surface area contributed by atoms with E-state index in [0.29, 0.717) is 0 Å². The Morgan fingerprint density at radius 2 is 1.72 bits per heavy atom. The number of hydrogen-bond donors (Lipinski definition) is 0. The molecule has 1 rings (SSSR count). The zero-order valence-corrected chi connectivity index (χ0v) is 12.1. The molecule has 18 heavy (non-hydrogen) atoms. The zero-order valence-electron chi connectivity index (χ0n) is 12.1. The van der Waals surface area contributed by atoms with Crippen LogP contribution in [0.2, 0.25) is 0 Å². The molecule has 0 saturated carbocycles. The number of methoxy groups -OCH3 is 1. The lowest BCUT2D eigenvalue weighted by molar-refractivity contribution is -0.147. The summed E-state index contributed by atoms with van der Waals surface area (Å²) >= 11 is 0. The predicted octanol–water partition coefficient (Wildman–Crippen LogP) is 3.23. The van der Waals surface area contributed by atoms with Crippen molar-refractivity contribution in [1.82, 2.24) is 4.90 Å². The Hall–Kier alpha value is -0.570. The maximum atomic E-state index is 11.4. The summed E-state index contributed by atoms with van der Waals surface area (Å²) < 4.78 is 4.80. The van der Waals surface area contributed by atoms with E-state index in [4.69, 9.17) is 4.74 Å². The molecule has 0 atom stereocenters. The van der Waals surface area contributed by atoms with Gasteiger partial charge in [0, 0.05) is 0 Å². The Morgan fingerprint density at radius 3 is 2.33 bits per heavy atom. The Kier molecular flexibility index (Phi) is 8.06. The van der Waals surface area contributed by atoms with Gasteiger partial charge in [-0.1, -0.05) is 39.0 Å². The smallest absolute Gasteiger partial charge is 0.308 e. The fourth-order valence-corrected chi connectivity index (χ4v) is 2.67. The molecule has 1 aliphatic heterocycles. The van der Waals surface area contributed by atoms with Gasteiger partial charge in [-0.25, -0.2) is 0 Å². The van der Waals surface area contributed by atoms with Crippen molar-refractivity contribution >= 4 is 5.97 Å². The highest BCUT2D eigenvalue weighted by Gasteiger charge is 2.24. The first-order valence-corrected chi connectivity index (χ1v) is 7.58. The molecular weight excluding hydrogens is 226 g/mol. The quantitative estimate of drug-likeness (QED) is 0.492. The number of hydrogen-bond acceptors (Lipinski definition) is 3. The lowest BCUT2D eigenvalue weighted by atomic mass is 9.97. The fraction of sp³-hybridized carbons (Fsp3) is 0.933. The van der Waals surface area contributed by atoms with Crippen LogP contribution in [0, 0.1) is 5.92 Å². The number of nitrogens with zero attached hydrogens (tertiary/aromatic N) is 1. The van der Waals surface area contributed by atoms with Gasteiger partial charge >= 0.3 is 5.97 Å². The molecule has 1 heterocycles. The monoisotopic (exact) mass is 255 g/mol. The summed E-state index contributed by atoms with van der Waals surface area (Å²) in [7, 11) is 1.49. The standard InChI is InChI=1S/C15H29NO2/c1-3-4-5-6-7-8-11-16-12-9-14(10-13-16)15(17)18-2/h14H,3-13H2,1-2H3. The second-order valence-corrected chi connectivity index (χ2v) is 5.41. The number of ether oxygens (including phenoxy) is 1. The van der Waals surface area contributed by atoms with Gasteiger partial charge in [-0.3, -0.25) is 4.79 Å². The van der Waals surface area contributed by atoms with E-state index < -0.39 is 0 Å². The molecular formula is C15H29NO2.